The van der Waals surface area contributed by atoms with E-state index in [9.17, 15) is 9.59 Å². The number of likely N-dealkylation sites (N-methyl/N-ethyl adjacent to an activating group) is 1. The van der Waals surface area contributed by atoms with Gasteiger partial charge in [0.15, 0.2) is 0 Å². The number of hydrogen-bond donors (Lipinski definition) is 1. The van der Waals surface area contributed by atoms with Crippen LogP contribution >= 0.6 is 0 Å². The van der Waals surface area contributed by atoms with Crippen LogP contribution in [0.25, 0.3) is 0 Å². The average Bonchev–Trinajstić information content (AvgIpc) is 2.85. The molecule has 110 valence electrons. The number of nitrogens with one attached hydrogen (secondary N) is 1. The normalized spacial score (nSPS) is 19.1. The number of nitrogens with zero attached hydrogens (tertiary/aromatic N) is 3. The van der Waals surface area contributed by atoms with Crippen molar-refractivity contribution >= 4 is 11.8 Å². The quantitative estimate of drug-likeness (QED) is 0.612. The Morgan fingerprint density at radius 2 is 2.15 bits per heavy atom. The molecule has 1 atom stereocenters. The maximum atomic E-state index is 11.9. The van der Waals surface area contributed by atoms with Gasteiger partial charge in [-0.1, -0.05) is 0 Å². The van der Waals surface area contributed by atoms with Crippen LogP contribution in [0.5, 0.6) is 0 Å². The highest BCUT2D eigenvalue weighted by Gasteiger charge is 2.36. The van der Waals surface area contributed by atoms with Crippen molar-refractivity contribution in [3.8, 4) is 0 Å². The zero-order chi connectivity index (χ0) is 14.7. The SMILES string of the molecule is CCN1C(=O)CC(NCCCn2nc(C)cc2C)C1=O. The zero-order valence-corrected chi connectivity index (χ0v) is 12.3. The molecule has 1 aliphatic rings. The molecule has 0 radical (unpaired) electrons. The Hall–Kier alpha value is -1.69. The number of rotatable bonds is 6. The van der Waals surface area contributed by atoms with Gasteiger partial charge in [-0.05, 0) is 39.8 Å². The first-order chi connectivity index (χ1) is 9.52. The predicted octanol–water partition coefficient (Wildman–Crippen LogP) is 0.627. The van der Waals surface area contributed by atoms with E-state index in [-0.39, 0.29) is 24.3 Å². The Morgan fingerprint density at radius 3 is 2.70 bits per heavy atom. The van der Waals surface area contributed by atoms with Gasteiger partial charge in [-0.3, -0.25) is 19.2 Å². The molecular formula is C14H22N4O2. The minimum atomic E-state index is -0.345. The summed E-state index contributed by atoms with van der Waals surface area (Å²) in [7, 11) is 0. The number of amides is 2. The molecular weight excluding hydrogens is 256 g/mol. The molecule has 1 aromatic rings. The Bertz CT molecular complexity index is 509. The molecule has 0 aromatic carbocycles. The monoisotopic (exact) mass is 278 g/mol. The van der Waals surface area contributed by atoms with E-state index in [0.29, 0.717) is 13.1 Å². The first-order valence-electron chi connectivity index (χ1n) is 7.11. The summed E-state index contributed by atoms with van der Waals surface area (Å²) >= 11 is 0. The molecule has 0 saturated carbocycles. The summed E-state index contributed by atoms with van der Waals surface area (Å²) in [4.78, 5) is 24.8. The van der Waals surface area contributed by atoms with Crippen molar-refractivity contribution in [2.75, 3.05) is 13.1 Å². The van der Waals surface area contributed by atoms with Gasteiger partial charge in [-0.25, -0.2) is 0 Å². The van der Waals surface area contributed by atoms with Crippen molar-refractivity contribution in [2.24, 2.45) is 0 Å². The molecule has 2 rings (SSSR count). The van der Waals surface area contributed by atoms with E-state index in [2.05, 4.69) is 10.4 Å². The van der Waals surface area contributed by atoms with Crippen molar-refractivity contribution in [3.05, 3.63) is 17.5 Å². The highest BCUT2D eigenvalue weighted by atomic mass is 16.2. The van der Waals surface area contributed by atoms with Crippen LogP contribution in [0, 0.1) is 13.8 Å². The Morgan fingerprint density at radius 1 is 1.40 bits per heavy atom. The van der Waals surface area contributed by atoms with Crippen molar-refractivity contribution in [1.29, 1.82) is 0 Å². The van der Waals surface area contributed by atoms with Crippen molar-refractivity contribution in [2.45, 2.75) is 46.2 Å². The highest BCUT2D eigenvalue weighted by molar-refractivity contribution is 6.05. The van der Waals surface area contributed by atoms with Gasteiger partial charge in [0, 0.05) is 18.8 Å². The second kappa shape index (κ2) is 6.17. The third-order valence-electron chi connectivity index (χ3n) is 3.60. The van der Waals surface area contributed by atoms with E-state index in [4.69, 9.17) is 0 Å². The molecule has 2 amide bonds. The number of aryl methyl sites for hydroxylation is 3. The minimum absolute atomic E-state index is 0.0754. The van der Waals surface area contributed by atoms with Gasteiger partial charge in [0.2, 0.25) is 11.8 Å². The average molecular weight is 278 g/mol. The molecule has 6 heteroatoms. The predicted molar refractivity (Wildman–Crippen MR) is 75.1 cm³/mol. The van der Waals surface area contributed by atoms with Gasteiger partial charge in [0.1, 0.15) is 0 Å². The number of aromatic nitrogens is 2. The van der Waals surface area contributed by atoms with Gasteiger partial charge in [-0.2, -0.15) is 5.10 Å². The molecule has 6 nitrogen and oxygen atoms in total. The van der Waals surface area contributed by atoms with E-state index in [1.165, 1.54) is 4.90 Å². The van der Waals surface area contributed by atoms with Crippen molar-refractivity contribution < 1.29 is 9.59 Å². The molecule has 0 bridgehead atoms. The Kier molecular flexibility index (Phi) is 4.54. The standard InChI is InChI=1S/C14H22N4O2/c1-4-17-13(19)9-12(14(17)20)15-6-5-7-18-11(3)8-10(2)16-18/h8,12,15H,4-7,9H2,1-3H3. The van der Waals surface area contributed by atoms with Crippen LogP contribution in [0.3, 0.4) is 0 Å². The molecule has 2 heterocycles. The molecule has 1 aliphatic heterocycles. The summed E-state index contributed by atoms with van der Waals surface area (Å²) in [5.41, 5.74) is 2.16. The fourth-order valence-electron chi connectivity index (χ4n) is 2.58. The van der Waals surface area contributed by atoms with E-state index in [0.717, 1.165) is 24.4 Å². The lowest BCUT2D eigenvalue weighted by Crippen LogP contribution is -2.39. The molecule has 1 aromatic heterocycles. The lowest BCUT2D eigenvalue weighted by molar-refractivity contribution is -0.138. The number of carbonyl (C=O) groups is 2. The summed E-state index contributed by atoms with van der Waals surface area (Å²) in [5, 5.41) is 7.56. The maximum Gasteiger partial charge on any atom is 0.246 e. The van der Waals surface area contributed by atoms with Gasteiger partial charge in [-0.15, -0.1) is 0 Å². The first-order valence-corrected chi connectivity index (χ1v) is 7.11. The van der Waals surface area contributed by atoms with Crippen LogP contribution in [0.15, 0.2) is 6.07 Å². The largest absolute Gasteiger partial charge is 0.305 e. The molecule has 20 heavy (non-hydrogen) atoms. The fourth-order valence-corrected chi connectivity index (χ4v) is 2.58. The molecule has 1 N–H and O–H groups in total. The molecule has 1 unspecified atom stereocenters. The number of imide groups is 1. The summed E-state index contributed by atoms with van der Waals surface area (Å²) in [5.74, 6) is -0.169. The Balaban J connectivity index is 1.75. The van der Waals surface area contributed by atoms with Crippen molar-refractivity contribution in [3.63, 3.8) is 0 Å². The fraction of sp³-hybridized carbons (Fsp3) is 0.643. The summed E-state index contributed by atoms with van der Waals surface area (Å²) < 4.78 is 1.97. The van der Waals surface area contributed by atoms with E-state index >= 15 is 0 Å². The second-order valence-corrected chi connectivity index (χ2v) is 5.19. The number of likely N-dealkylation sites (tertiary alicyclic amines) is 1. The van der Waals surface area contributed by atoms with E-state index in [1.807, 2.05) is 31.5 Å². The number of hydrogen-bond acceptors (Lipinski definition) is 4. The second-order valence-electron chi connectivity index (χ2n) is 5.19. The third kappa shape index (κ3) is 3.07. The van der Waals surface area contributed by atoms with Gasteiger partial charge >= 0.3 is 0 Å². The Labute approximate surface area is 119 Å². The van der Waals surface area contributed by atoms with Crippen molar-refractivity contribution in [1.82, 2.24) is 20.0 Å². The third-order valence-corrected chi connectivity index (χ3v) is 3.60. The molecule has 1 fully saturated rings. The van der Waals surface area contributed by atoms with Crippen LogP contribution in [0.2, 0.25) is 0 Å². The molecule has 0 spiro atoms. The molecule has 0 aliphatic carbocycles. The lowest BCUT2D eigenvalue weighted by Gasteiger charge is -2.13. The van der Waals surface area contributed by atoms with E-state index in [1.54, 1.807) is 0 Å². The van der Waals surface area contributed by atoms with Crippen LogP contribution in [-0.2, 0) is 16.1 Å². The first kappa shape index (κ1) is 14.7. The highest BCUT2D eigenvalue weighted by Crippen LogP contribution is 2.12. The van der Waals surface area contributed by atoms with Crippen LogP contribution < -0.4 is 5.32 Å². The summed E-state index contributed by atoms with van der Waals surface area (Å²) in [6.45, 7) is 7.82. The molecule has 1 saturated heterocycles. The number of carbonyl (C=O) groups excluding carboxylic acids is 2. The lowest BCUT2D eigenvalue weighted by atomic mass is 10.2. The topological polar surface area (TPSA) is 67.2 Å². The minimum Gasteiger partial charge on any atom is -0.305 e. The zero-order valence-electron chi connectivity index (χ0n) is 12.3. The summed E-state index contributed by atoms with van der Waals surface area (Å²) in [6, 6.07) is 1.70. The van der Waals surface area contributed by atoms with Crippen LogP contribution in [0.1, 0.15) is 31.2 Å². The smallest absolute Gasteiger partial charge is 0.246 e. The van der Waals surface area contributed by atoms with Crippen LogP contribution in [-0.4, -0.2) is 45.6 Å². The van der Waals surface area contributed by atoms with Gasteiger partial charge in [0.25, 0.3) is 0 Å². The van der Waals surface area contributed by atoms with Crippen LogP contribution in [0.4, 0.5) is 0 Å². The van der Waals surface area contributed by atoms with Gasteiger partial charge < -0.3 is 5.32 Å². The summed E-state index contributed by atoms with van der Waals surface area (Å²) in [6.07, 6.45) is 1.17. The van der Waals surface area contributed by atoms with E-state index < -0.39 is 0 Å². The van der Waals surface area contributed by atoms with Gasteiger partial charge in [0.05, 0.1) is 18.2 Å². The maximum absolute atomic E-state index is 11.9.